The normalized spacial score (nSPS) is 27.6. The number of rotatable bonds is 3. The number of carbonyl (C=O) groups is 1. The van der Waals surface area contributed by atoms with Crippen LogP contribution >= 0.6 is 0 Å². The third-order valence-electron chi connectivity index (χ3n) is 4.87. The van der Waals surface area contributed by atoms with Gasteiger partial charge in [-0.1, -0.05) is 6.07 Å². The number of aromatic hydroxyl groups is 1. The number of nitrogens with zero attached hydrogens (tertiary/aromatic N) is 1. The van der Waals surface area contributed by atoms with Crippen molar-refractivity contribution in [3.8, 4) is 5.75 Å². The van der Waals surface area contributed by atoms with Crippen LogP contribution in [0.3, 0.4) is 0 Å². The highest BCUT2D eigenvalue weighted by Gasteiger charge is 2.37. The van der Waals surface area contributed by atoms with Gasteiger partial charge < -0.3 is 15.3 Å². The quantitative estimate of drug-likeness (QED) is 0.898. The van der Waals surface area contributed by atoms with E-state index in [1.54, 1.807) is 12.1 Å². The molecule has 0 spiro atoms. The van der Waals surface area contributed by atoms with Crippen molar-refractivity contribution >= 4 is 5.91 Å². The molecule has 2 aliphatic heterocycles. The molecule has 114 valence electrons. The van der Waals surface area contributed by atoms with Crippen molar-refractivity contribution in [3.05, 3.63) is 29.3 Å². The lowest BCUT2D eigenvalue weighted by atomic mass is 9.97. The fraction of sp³-hybridized carbons (Fsp3) is 0.588. The number of phenols is 1. The van der Waals surface area contributed by atoms with Gasteiger partial charge in [-0.05, 0) is 57.2 Å². The molecular weight excluding hydrogens is 264 g/mol. The van der Waals surface area contributed by atoms with Crippen LogP contribution in [0, 0.1) is 6.92 Å². The second-order valence-electron chi connectivity index (χ2n) is 6.37. The maximum absolute atomic E-state index is 12.8. The van der Waals surface area contributed by atoms with Crippen molar-refractivity contribution in [3.63, 3.8) is 0 Å². The molecular formula is C17H24N2O2. The van der Waals surface area contributed by atoms with Gasteiger partial charge >= 0.3 is 0 Å². The van der Waals surface area contributed by atoms with Crippen molar-refractivity contribution in [2.24, 2.45) is 0 Å². The fourth-order valence-electron chi connectivity index (χ4n) is 3.83. The van der Waals surface area contributed by atoms with Crippen LogP contribution in [-0.4, -0.2) is 40.6 Å². The molecule has 2 unspecified atom stereocenters. The Bertz CT molecular complexity index is 532. The van der Waals surface area contributed by atoms with Gasteiger partial charge in [-0.2, -0.15) is 0 Å². The number of hydrogen-bond donors (Lipinski definition) is 2. The van der Waals surface area contributed by atoms with Crippen LogP contribution in [0.2, 0.25) is 0 Å². The standard InChI is InChI=1S/C17H24N2O2/c1-3-19(14-9-12-5-6-13(10-14)18-12)17(21)15-7-4-11(2)8-16(15)20/h4,7-8,12-14,18,20H,3,5-6,9-10H2,1-2H3. The minimum atomic E-state index is -0.0405. The minimum absolute atomic E-state index is 0.0405. The average molecular weight is 288 g/mol. The van der Waals surface area contributed by atoms with Crippen LogP contribution in [0.25, 0.3) is 0 Å². The molecule has 0 aromatic heterocycles. The second-order valence-corrected chi connectivity index (χ2v) is 6.37. The van der Waals surface area contributed by atoms with Crippen LogP contribution in [0.4, 0.5) is 0 Å². The van der Waals surface area contributed by atoms with E-state index in [0.29, 0.717) is 30.2 Å². The first kappa shape index (κ1) is 14.4. The van der Waals surface area contributed by atoms with Crippen molar-refractivity contribution < 1.29 is 9.90 Å². The van der Waals surface area contributed by atoms with E-state index in [-0.39, 0.29) is 11.7 Å². The Morgan fingerprint density at radius 3 is 2.57 bits per heavy atom. The molecule has 3 rings (SSSR count). The van der Waals surface area contributed by atoms with Gasteiger partial charge in [0.25, 0.3) is 5.91 Å². The molecule has 1 aromatic rings. The lowest BCUT2D eigenvalue weighted by Crippen LogP contribution is -2.50. The van der Waals surface area contributed by atoms with Gasteiger partial charge in [0.2, 0.25) is 0 Å². The number of hydrogen-bond acceptors (Lipinski definition) is 3. The molecule has 2 aliphatic rings. The van der Waals surface area contributed by atoms with Crippen molar-refractivity contribution in [2.45, 2.75) is 57.7 Å². The van der Waals surface area contributed by atoms with Gasteiger partial charge in [-0.15, -0.1) is 0 Å². The van der Waals surface area contributed by atoms with E-state index in [1.807, 2.05) is 24.8 Å². The number of carbonyl (C=O) groups excluding carboxylic acids is 1. The number of piperidine rings is 1. The lowest BCUT2D eigenvalue weighted by molar-refractivity contribution is 0.0628. The smallest absolute Gasteiger partial charge is 0.257 e. The highest BCUT2D eigenvalue weighted by molar-refractivity contribution is 5.97. The molecule has 0 saturated carbocycles. The highest BCUT2D eigenvalue weighted by Crippen LogP contribution is 2.31. The molecule has 21 heavy (non-hydrogen) atoms. The Morgan fingerprint density at radius 2 is 2.00 bits per heavy atom. The first-order valence-corrected chi connectivity index (χ1v) is 7.95. The highest BCUT2D eigenvalue weighted by atomic mass is 16.3. The van der Waals surface area contributed by atoms with E-state index in [1.165, 1.54) is 12.8 Å². The summed E-state index contributed by atoms with van der Waals surface area (Å²) in [6.07, 6.45) is 4.51. The summed E-state index contributed by atoms with van der Waals surface area (Å²) in [6.45, 7) is 4.62. The Hall–Kier alpha value is -1.55. The van der Waals surface area contributed by atoms with Gasteiger partial charge in [0.05, 0.1) is 5.56 Å². The molecule has 1 amide bonds. The topological polar surface area (TPSA) is 52.6 Å². The monoisotopic (exact) mass is 288 g/mol. The largest absolute Gasteiger partial charge is 0.507 e. The molecule has 2 fully saturated rings. The SMILES string of the molecule is CCN(C(=O)c1ccc(C)cc1O)C1CC2CCC(C1)N2. The molecule has 2 heterocycles. The third-order valence-corrected chi connectivity index (χ3v) is 4.87. The molecule has 2 N–H and O–H groups in total. The predicted molar refractivity (Wildman–Crippen MR) is 82.5 cm³/mol. The summed E-state index contributed by atoms with van der Waals surface area (Å²) in [7, 11) is 0. The molecule has 1 aromatic carbocycles. The maximum Gasteiger partial charge on any atom is 0.257 e. The second kappa shape index (κ2) is 5.68. The first-order valence-electron chi connectivity index (χ1n) is 7.95. The van der Waals surface area contributed by atoms with E-state index in [9.17, 15) is 9.90 Å². The number of phenolic OH excluding ortho intramolecular Hbond substituents is 1. The summed E-state index contributed by atoms with van der Waals surface area (Å²) in [5.74, 6) is 0.0525. The molecule has 4 nitrogen and oxygen atoms in total. The average Bonchev–Trinajstić information content (AvgIpc) is 2.78. The zero-order chi connectivity index (χ0) is 15.0. The van der Waals surface area contributed by atoms with E-state index in [0.717, 1.165) is 18.4 Å². The fourth-order valence-corrected chi connectivity index (χ4v) is 3.83. The zero-order valence-electron chi connectivity index (χ0n) is 12.8. The zero-order valence-corrected chi connectivity index (χ0v) is 12.8. The summed E-state index contributed by atoms with van der Waals surface area (Å²) >= 11 is 0. The third kappa shape index (κ3) is 2.77. The maximum atomic E-state index is 12.8. The predicted octanol–water partition coefficient (Wildman–Crippen LogP) is 2.45. The lowest BCUT2D eigenvalue weighted by Gasteiger charge is -2.37. The number of amides is 1. The first-order chi connectivity index (χ1) is 10.1. The van der Waals surface area contributed by atoms with Gasteiger partial charge in [-0.25, -0.2) is 0 Å². The van der Waals surface area contributed by atoms with Gasteiger partial charge in [0.15, 0.2) is 0 Å². The van der Waals surface area contributed by atoms with Crippen molar-refractivity contribution in [2.75, 3.05) is 6.54 Å². The molecule has 0 aliphatic carbocycles. The van der Waals surface area contributed by atoms with E-state index >= 15 is 0 Å². The summed E-state index contributed by atoms with van der Waals surface area (Å²) in [6, 6.07) is 6.69. The molecule has 2 saturated heterocycles. The van der Waals surface area contributed by atoms with Crippen molar-refractivity contribution in [1.82, 2.24) is 10.2 Å². The Kier molecular flexibility index (Phi) is 3.89. The summed E-state index contributed by atoms with van der Waals surface area (Å²) in [4.78, 5) is 14.7. The van der Waals surface area contributed by atoms with E-state index < -0.39 is 0 Å². The molecule has 2 bridgehead atoms. The number of fused-ring (bicyclic) bond motifs is 2. The summed E-state index contributed by atoms with van der Waals surface area (Å²) < 4.78 is 0. The van der Waals surface area contributed by atoms with Gasteiger partial charge in [0.1, 0.15) is 5.75 Å². The Balaban J connectivity index is 1.80. The van der Waals surface area contributed by atoms with Crippen molar-refractivity contribution in [1.29, 1.82) is 0 Å². The summed E-state index contributed by atoms with van der Waals surface area (Å²) in [5, 5.41) is 13.7. The van der Waals surface area contributed by atoms with Crippen LogP contribution in [0.1, 0.15) is 48.5 Å². The minimum Gasteiger partial charge on any atom is -0.507 e. The molecule has 4 heteroatoms. The molecule has 0 radical (unpaired) electrons. The van der Waals surface area contributed by atoms with Crippen LogP contribution in [-0.2, 0) is 0 Å². The number of aryl methyl sites for hydroxylation is 1. The van der Waals surface area contributed by atoms with Crippen LogP contribution in [0.15, 0.2) is 18.2 Å². The number of nitrogens with one attached hydrogen (secondary N) is 1. The van der Waals surface area contributed by atoms with E-state index in [2.05, 4.69) is 5.32 Å². The van der Waals surface area contributed by atoms with Gasteiger partial charge in [-0.3, -0.25) is 4.79 Å². The van der Waals surface area contributed by atoms with Crippen LogP contribution < -0.4 is 5.32 Å². The Morgan fingerprint density at radius 1 is 1.33 bits per heavy atom. The summed E-state index contributed by atoms with van der Waals surface area (Å²) in [5.41, 5.74) is 1.39. The van der Waals surface area contributed by atoms with E-state index in [4.69, 9.17) is 0 Å². The van der Waals surface area contributed by atoms with Crippen LogP contribution in [0.5, 0.6) is 5.75 Å². The van der Waals surface area contributed by atoms with Gasteiger partial charge in [0, 0.05) is 24.7 Å². The molecule has 2 atom stereocenters. The Labute approximate surface area is 126 Å². The number of benzene rings is 1.